The molecule has 2 aromatic carbocycles. The SMILES string of the molecule is COc1ccc(S(=O)(=O)NCCOc2ccccc2C(C)C)cc1F. The molecule has 0 saturated carbocycles. The summed E-state index contributed by atoms with van der Waals surface area (Å²) in [6.07, 6.45) is 0. The molecule has 7 heteroatoms. The third kappa shape index (κ3) is 4.93. The first-order valence-electron chi connectivity index (χ1n) is 7.90. The monoisotopic (exact) mass is 367 g/mol. The van der Waals surface area contributed by atoms with E-state index in [1.807, 2.05) is 24.3 Å². The molecule has 0 aliphatic rings. The van der Waals surface area contributed by atoms with Gasteiger partial charge in [0.05, 0.1) is 12.0 Å². The Hall–Kier alpha value is -2.12. The minimum atomic E-state index is -3.81. The zero-order valence-corrected chi connectivity index (χ0v) is 15.3. The van der Waals surface area contributed by atoms with Crippen LogP contribution < -0.4 is 14.2 Å². The molecule has 0 unspecified atom stereocenters. The van der Waals surface area contributed by atoms with Crippen LogP contribution in [-0.4, -0.2) is 28.7 Å². The molecule has 0 amide bonds. The van der Waals surface area contributed by atoms with E-state index in [0.29, 0.717) is 5.92 Å². The number of methoxy groups -OCH3 is 1. The lowest BCUT2D eigenvalue weighted by Crippen LogP contribution is -2.28. The van der Waals surface area contributed by atoms with Crippen molar-refractivity contribution in [2.45, 2.75) is 24.7 Å². The number of para-hydroxylation sites is 1. The van der Waals surface area contributed by atoms with Crippen LogP contribution in [0.25, 0.3) is 0 Å². The van der Waals surface area contributed by atoms with Gasteiger partial charge in [-0.15, -0.1) is 0 Å². The molecule has 0 fully saturated rings. The summed E-state index contributed by atoms with van der Waals surface area (Å²) >= 11 is 0. The molecule has 0 aromatic heterocycles. The average molecular weight is 367 g/mol. The molecule has 25 heavy (non-hydrogen) atoms. The van der Waals surface area contributed by atoms with Crippen molar-refractivity contribution in [2.75, 3.05) is 20.3 Å². The van der Waals surface area contributed by atoms with E-state index in [-0.39, 0.29) is 23.8 Å². The van der Waals surface area contributed by atoms with Crippen LogP contribution in [0.15, 0.2) is 47.4 Å². The Morgan fingerprint density at radius 3 is 2.48 bits per heavy atom. The predicted molar refractivity (Wildman–Crippen MR) is 94.2 cm³/mol. The first kappa shape index (κ1) is 19.2. The van der Waals surface area contributed by atoms with Gasteiger partial charge in [-0.2, -0.15) is 0 Å². The fourth-order valence-corrected chi connectivity index (χ4v) is 3.35. The fourth-order valence-electron chi connectivity index (χ4n) is 2.32. The summed E-state index contributed by atoms with van der Waals surface area (Å²) in [6.45, 7) is 4.36. The van der Waals surface area contributed by atoms with Gasteiger partial charge in [-0.1, -0.05) is 32.0 Å². The van der Waals surface area contributed by atoms with E-state index in [1.54, 1.807) is 0 Å². The van der Waals surface area contributed by atoms with Gasteiger partial charge in [-0.3, -0.25) is 0 Å². The zero-order valence-electron chi connectivity index (χ0n) is 14.5. The van der Waals surface area contributed by atoms with Crippen LogP contribution in [0.5, 0.6) is 11.5 Å². The summed E-state index contributed by atoms with van der Waals surface area (Å²) in [5.41, 5.74) is 1.06. The highest BCUT2D eigenvalue weighted by Crippen LogP contribution is 2.25. The number of hydrogen-bond donors (Lipinski definition) is 1. The molecule has 5 nitrogen and oxygen atoms in total. The predicted octanol–water partition coefficient (Wildman–Crippen LogP) is 3.32. The molecule has 0 radical (unpaired) electrons. The summed E-state index contributed by atoms with van der Waals surface area (Å²) in [5.74, 6) is 0.294. The van der Waals surface area contributed by atoms with Crippen LogP contribution in [-0.2, 0) is 10.0 Å². The van der Waals surface area contributed by atoms with Gasteiger partial charge in [-0.05, 0) is 35.7 Å². The van der Waals surface area contributed by atoms with Crippen molar-refractivity contribution in [3.8, 4) is 11.5 Å². The second-order valence-electron chi connectivity index (χ2n) is 5.74. The smallest absolute Gasteiger partial charge is 0.240 e. The average Bonchev–Trinajstić information content (AvgIpc) is 2.59. The highest BCUT2D eigenvalue weighted by molar-refractivity contribution is 7.89. The van der Waals surface area contributed by atoms with Crippen LogP contribution in [0.3, 0.4) is 0 Å². The highest BCUT2D eigenvalue weighted by atomic mass is 32.2. The van der Waals surface area contributed by atoms with E-state index in [4.69, 9.17) is 9.47 Å². The lowest BCUT2D eigenvalue weighted by atomic mass is 10.0. The van der Waals surface area contributed by atoms with Gasteiger partial charge in [0.15, 0.2) is 11.6 Å². The Morgan fingerprint density at radius 1 is 1.12 bits per heavy atom. The van der Waals surface area contributed by atoms with Gasteiger partial charge in [-0.25, -0.2) is 17.5 Å². The third-order valence-corrected chi connectivity index (χ3v) is 5.08. The Balaban J connectivity index is 1.96. The lowest BCUT2D eigenvalue weighted by molar-refractivity contribution is 0.318. The largest absolute Gasteiger partial charge is 0.494 e. The topological polar surface area (TPSA) is 64.6 Å². The Bertz CT molecular complexity index is 822. The highest BCUT2D eigenvalue weighted by Gasteiger charge is 2.16. The number of sulfonamides is 1. The maximum absolute atomic E-state index is 13.7. The van der Waals surface area contributed by atoms with E-state index in [9.17, 15) is 12.8 Å². The zero-order chi connectivity index (χ0) is 18.4. The normalized spacial score (nSPS) is 11.6. The summed E-state index contributed by atoms with van der Waals surface area (Å²) in [4.78, 5) is -0.159. The molecule has 0 atom stereocenters. The number of halogens is 1. The molecule has 0 spiro atoms. The molecule has 2 rings (SSSR count). The van der Waals surface area contributed by atoms with Crippen molar-refractivity contribution in [2.24, 2.45) is 0 Å². The third-order valence-electron chi connectivity index (χ3n) is 3.63. The van der Waals surface area contributed by atoms with E-state index in [2.05, 4.69) is 18.6 Å². The summed E-state index contributed by atoms with van der Waals surface area (Å²) in [5, 5.41) is 0. The number of nitrogens with one attached hydrogen (secondary N) is 1. The molecule has 0 aliphatic heterocycles. The Labute approximate surface area is 147 Å². The Morgan fingerprint density at radius 2 is 1.84 bits per heavy atom. The van der Waals surface area contributed by atoms with Crippen molar-refractivity contribution < 1.29 is 22.3 Å². The van der Waals surface area contributed by atoms with Gasteiger partial charge in [0.25, 0.3) is 0 Å². The van der Waals surface area contributed by atoms with E-state index < -0.39 is 15.8 Å². The van der Waals surface area contributed by atoms with Gasteiger partial charge in [0, 0.05) is 6.54 Å². The van der Waals surface area contributed by atoms with E-state index >= 15 is 0 Å². The maximum Gasteiger partial charge on any atom is 0.240 e. The second-order valence-corrected chi connectivity index (χ2v) is 7.50. The molecule has 136 valence electrons. The molecular weight excluding hydrogens is 345 g/mol. The summed E-state index contributed by atoms with van der Waals surface area (Å²) < 4.78 is 50.9. The molecule has 0 saturated heterocycles. The molecule has 0 heterocycles. The standard InChI is InChI=1S/C18H22FNO4S/c1-13(2)15-6-4-5-7-17(15)24-11-10-20-25(21,22)14-8-9-18(23-3)16(19)12-14/h4-9,12-13,20H,10-11H2,1-3H3. The van der Waals surface area contributed by atoms with Crippen LogP contribution in [0.1, 0.15) is 25.3 Å². The molecule has 0 bridgehead atoms. The van der Waals surface area contributed by atoms with Gasteiger partial charge in [0.2, 0.25) is 10.0 Å². The van der Waals surface area contributed by atoms with Crippen molar-refractivity contribution in [1.29, 1.82) is 0 Å². The molecule has 2 aromatic rings. The van der Waals surface area contributed by atoms with Gasteiger partial charge < -0.3 is 9.47 Å². The quantitative estimate of drug-likeness (QED) is 0.727. The van der Waals surface area contributed by atoms with Crippen molar-refractivity contribution in [1.82, 2.24) is 4.72 Å². The van der Waals surface area contributed by atoms with E-state index in [0.717, 1.165) is 17.4 Å². The fraction of sp³-hybridized carbons (Fsp3) is 0.333. The molecular formula is C18H22FNO4S. The second kappa shape index (κ2) is 8.31. The number of rotatable bonds is 8. The first-order chi connectivity index (χ1) is 11.8. The number of hydrogen-bond acceptors (Lipinski definition) is 4. The van der Waals surface area contributed by atoms with Crippen LogP contribution >= 0.6 is 0 Å². The Kier molecular flexibility index (Phi) is 6.39. The molecule has 1 N–H and O–H groups in total. The first-order valence-corrected chi connectivity index (χ1v) is 9.38. The van der Waals surface area contributed by atoms with Crippen molar-refractivity contribution >= 4 is 10.0 Å². The van der Waals surface area contributed by atoms with Crippen molar-refractivity contribution in [3.63, 3.8) is 0 Å². The number of benzene rings is 2. The van der Waals surface area contributed by atoms with Crippen LogP contribution in [0.4, 0.5) is 4.39 Å². The van der Waals surface area contributed by atoms with E-state index in [1.165, 1.54) is 19.2 Å². The van der Waals surface area contributed by atoms with Crippen molar-refractivity contribution in [3.05, 3.63) is 53.8 Å². The van der Waals surface area contributed by atoms with Gasteiger partial charge in [0.1, 0.15) is 12.4 Å². The minimum absolute atomic E-state index is 0.00687. The number of ether oxygens (including phenoxy) is 2. The van der Waals surface area contributed by atoms with Crippen LogP contribution in [0, 0.1) is 5.82 Å². The van der Waals surface area contributed by atoms with Crippen LogP contribution in [0.2, 0.25) is 0 Å². The van der Waals surface area contributed by atoms with Gasteiger partial charge >= 0.3 is 0 Å². The molecule has 0 aliphatic carbocycles. The summed E-state index contributed by atoms with van der Waals surface area (Å²) in [6, 6.07) is 11.1. The summed E-state index contributed by atoms with van der Waals surface area (Å²) in [7, 11) is -2.50. The minimum Gasteiger partial charge on any atom is -0.494 e. The lowest BCUT2D eigenvalue weighted by Gasteiger charge is -2.14. The maximum atomic E-state index is 13.7.